The van der Waals surface area contributed by atoms with Crippen LogP contribution in [-0.2, 0) is 0 Å². The molecule has 4 nitrogen and oxygen atoms in total. The quantitative estimate of drug-likeness (QED) is 0.433. The Hall–Kier alpha value is -0.0400. The summed E-state index contributed by atoms with van der Waals surface area (Å²) >= 11 is 0. The van der Waals surface area contributed by atoms with Crippen LogP contribution in [0.3, 0.4) is 0 Å². The Labute approximate surface area is 123 Å². The normalized spacial score (nSPS) is 12.8. The fourth-order valence-electron chi connectivity index (χ4n) is 1.57. The van der Waals surface area contributed by atoms with E-state index >= 15 is 0 Å². The van der Waals surface area contributed by atoms with E-state index in [-0.39, 0.29) is 29.4 Å². The number of nitrogens with zero attached hydrogens (tertiary/aromatic N) is 2. The number of rotatable bonds is 6. The predicted molar refractivity (Wildman–Crippen MR) is 87.1 cm³/mol. The lowest BCUT2D eigenvalue weighted by Crippen LogP contribution is -2.37. The van der Waals surface area contributed by atoms with Crippen molar-refractivity contribution in [3.63, 3.8) is 0 Å². The van der Waals surface area contributed by atoms with Gasteiger partial charge in [-0.1, -0.05) is 27.7 Å². The Bertz CT molecular complexity index is 225. The van der Waals surface area contributed by atoms with Gasteiger partial charge in [-0.15, -0.1) is 24.0 Å². The summed E-state index contributed by atoms with van der Waals surface area (Å²) in [7, 11) is 4.15. The lowest BCUT2D eigenvalue weighted by molar-refractivity contribution is 0.249. The number of nitrogens with one attached hydrogen (secondary N) is 1. The molecule has 5 heteroatoms. The van der Waals surface area contributed by atoms with Crippen molar-refractivity contribution < 1.29 is 0 Å². The maximum absolute atomic E-state index is 5.79. The molecule has 0 aromatic rings. The molecule has 0 fully saturated rings. The zero-order chi connectivity index (χ0) is 12.8. The van der Waals surface area contributed by atoms with Crippen LogP contribution < -0.4 is 11.1 Å². The van der Waals surface area contributed by atoms with E-state index in [1.807, 2.05) is 0 Å². The van der Waals surface area contributed by atoms with Crippen LogP contribution in [0.5, 0.6) is 0 Å². The number of hydrogen-bond donors (Lipinski definition) is 2. The fourth-order valence-corrected chi connectivity index (χ4v) is 1.57. The van der Waals surface area contributed by atoms with Crippen molar-refractivity contribution in [1.82, 2.24) is 10.2 Å². The van der Waals surface area contributed by atoms with Gasteiger partial charge in [0, 0.05) is 19.6 Å². The molecule has 0 aliphatic rings. The SMILES string of the molecule is CC(C)CNC(N)=NCC(C)(C)CN(C)C.I. The van der Waals surface area contributed by atoms with E-state index < -0.39 is 0 Å². The average molecular weight is 356 g/mol. The number of aliphatic imine (C=N–C) groups is 1. The maximum Gasteiger partial charge on any atom is 0.188 e. The molecule has 17 heavy (non-hydrogen) atoms. The molecule has 0 heterocycles. The number of hydrogen-bond acceptors (Lipinski definition) is 2. The van der Waals surface area contributed by atoms with E-state index in [0.717, 1.165) is 19.6 Å². The Morgan fingerprint density at radius 3 is 2.29 bits per heavy atom. The van der Waals surface area contributed by atoms with Gasteiger partial charge in [0.2, 0.25) is 0 Å². The molecule has 104 valence electrons. The molecule has 0 aromatic carbocycles. The number of halogens is 1. The first-order valence-corrected chi connectivity index (χ1v) is 5.91. The molecule has 0 saturated carbocycles. The number of nitrogens with two attached hydrogens (primary N) is 1. The smallest absolute Gasteiger partial charge is 0.188 e. The van der Waals surface area contributed by atoms with Crippen LogP contribution in [0.4, 0.5) is 0 Å². The van der Waals surface area contributed by atoms with E-state index in [4.69, 9.17) is 5.73 Å². The molecule has 0 aromatic heterocycles. The van der Waals surface area contributed by atoms with Gasteiger partial charge in [0.25, 0.3) is 0 Å². The second-order valence-electron chi connectivity index (χ2n) is 5.88. The van der Waals surface area contributed by atoms with E-state index in [0.29, 0.717) is 11.9 Å². The topological polar surface area (TPSA) is 53.6 Å². The Balaban J connectivity index is 0. The van der Waals surface area contributed by atoms with Gasteiger partial charge in [-0.25, -0.2) is 0 Å². The Kier molecular flexibility index (Phi) is 10.2. The third-order valence-electron chi connectivity index (χ3n) is 2.11. The largest absolute Gasteiger partial charge is 0.370 e. The standard InChI is InChI=1S/C12H28N4.HI/c1-10(2)7-14-11(13)15-8-12(3,4)9-16(5)6;/h10H,7-9H2,1-6H3,(H3,13,14,15);1H. The van der Waals surface area contributed by atoms with E-state index in [9.17, 15) is 0 Å². The van der Waals surface area contributed by atoms with Crippen LogP contribution in [0.1, 0.15) is 27.7 Å². The van der Waals surface area contributed by atoms with Crippen molar-refractivity contribution in [3.05, 3.63) is 0 Å². The lowest BCUT2D eigenvalue weighted by Gasteiger charge is -2.26. The molecule has 0 radical (unpaired) electrons. The first-order valence-electron chi connectivity index (χ1n) is 5.91. The van der Waals surface area contributed by atoms with Gasteiger partial charge in [0.05, 0.1) is 0 Å². The summed E-state index contributed by atoms with van der Waals surface area (Å²) in [6, 6.07) is 0. The van der Waals surface area contributed by atoms with Crippen molar-refractivity contribution in [2.24, 2.45) is 22.1 Å². The molecular weight excluding hydrogens is 327 g/mol. The highest BCUT2D eigenvalue weighted by atomic mass is 127. The van der Waals surface area contributed by atoms with E-state index in [1.165, 1.54) is 0 Å². The molecule has 0 saturated heterocycles. The molecule has 3 N–H and O–H groups in total. The maximum atomic E-state index is 5.79. The highest BCUT2D eigenvalue weighted by molar-refractivity contribution is 14.0. The second-order valence-corrected chi connectivity index (χ2v) is 5.88. The predicted octanol–water partition coefficient (Wildman–Crippen LogP) is 1.75. The monoisotopic (exact) mass is 356 g/mol. The minimum Gasteiger partial charge on any atom is -0.370 e. The van der Waals surface area contributed by atoms with Crippen molar-refractivity contribution in [1.29, 1.82) is 0 Å². The summed E-state index contributed by atoms with van der Waals surface area (Å²) in [5.41, 5.74) is 5.95. The summed E-state index contributed by atoms with van der Waals surface area (Å²) in [5.74, 6) is 1.14. The summed E-state index contributed by atoms with van der Waals surface area (Å²) in [6.07, 6.45) is 0. The van der Waals surface area contributed by atoms with Gasteiger partial charge in [0.15, 0.2) is 5.96 Å². The van der Waals surface area contributed by atoms with E-state index in [1.54, 1.807) is 0 Å². The van der Waals surface area contributed by atoms with E-state index in [2.05, 4.69) is 57.0 Å². The molecule has 0 unspecified atom stereocenters. The third kappa shape index (κ3) is 12.2. The first-order chi connectivity index (χ1) is 7.23. The molecule has 0 atom stereocenters. The van der Waals surface area contributed by atoms with Crippen molar-refractivity contribution >= 4 is 29.9 Å². The first kappa shape index (κ1) is 19.3. The number of guanidine groups is 1. The van der Waals surface area contributed by atoms with Gasteiger partial charge in [0.1, 0.15) is 0 Å². The van der Waals surface area contributed by atoms with Gasteiger partial charge < -0.3 is 16.0 Å². The second kappa shape index (κ2) is 8.97. The molecular formula is C12H29IN4. The van der Waals surface area contributed by atoms with Gasteiger partial charge in [-0.05, 0) is 25.4 Å². The zero-order valence-electron chi connectivity index (χ0n) is 12.1. The highest BCUT2D eigenvalue weighted by Gasteiger charge is 2.18. The Morgan fingerprint density at radius 2 is 1.88 bits per heavy atom. The average Bonchev–Trinajstić information content (AvgIpc) is 2.09. The van der Waals surface area contributed by atoms with Crippen LogP contribution in [0.25, 0.3) is 0 Å². The summed E-state index contributed by atoms with van der Waals surface area (Å²) in [4.78, 5) is 6.55. The van der Waals surface area contributed by atoms with Gasteiger partial charge in [-0.3, -0.25) is 4.99 Å². The zero-order valence-corrected chi connectivity index (χ0v) is 14.4. The van der Waals surface area contributed by atoms with Gasteiger partial charge in [-0.2, -0.15) is 0 Å². The molecule has 0 rings (SSSR count). The molecule has 0 spiro atoms. The summed E-state index contributed by atoms with van der Waals surface area (Å²) in [6.45, 7) is 11.3. The minimum atomic E-state index is 0. The van der Waals surface area contributed by atoms with Gasteiger partial charge >= 0.3 is 0 Å². The minimum absolute atomic E-state index is 0. The van der Waals surface area contributed by atoms with Crippen molar-refractivity contribution in [2.75, 3.05) is 33.7 Å². The molecule has 0 aliphatic carbocycles. The van der Waals surface area contributed by atoms with Crippen LogP contribution in [-0.4, -0.2) is 44.6 Å². The summed E-state index contributed by atoms with van der Waals surface area (Å²) in [5, 5.41) is 3.12. The fraction of sp³-hybridized carbons (Fsp3) is 0.917. The molecule has 0 amide bonds. The third-order valence-corrected chi connectivity index (χ3v) is 2.11. The van der Waals surface area contributed by atoms with Crippen LogP contribution in [0.2, 0.25) is 0 Å². The molecule has 0 aliphatic heterocycles. The van der Waals surface area contributed by atoms with Crippen molar-refractivity contribution in [3.8, 4) is 0 Å². The lowest BCUT2D eigenvalue weighted by atomic mass is 9.93. The molecule has 0 bridgehead atoms. The van der Waals surface area contributed by atoms with Crippen LogP contribution in [0.15, 0.2) is 4.99 Å². The summed E-state index contributed by atoms with van der Waals surface area (Å²) < 4.78 is 0. The van der Waals surface area contributed by atoms with Crippen LogP contribution >= 0.6 is 24.0 Å². The highest BCUT2D eigenvalue weighted by Crippen LogP contribution is 2.15. The van der Waals surface area contributed by atoms with Crippen LogP contribution in [0, 0.1) is 11.3 Å². The van der Waals surface area contributed by atoms with Crippen molar-refractivity contribution in [2.45, 2.75) is 27.7 Å². The Morgan fingerprint density at radius 1 is 1.35 bits per heavy atom.